The van der Waals surface area contributed by atoms with E-state index in [9.17, 15) is 10.1 Å². The second-order valence-electron chi connectivity index (χ2n) is 5.51. The Kier molecular flexibility index (Phi) is 5.33. The molecule has 0 N–H and O–H groups in total. The van der Waals surface area contributed by atoms with Crippen LogP contribution in [0.2, 0.25) is 0 Å². The zero-order valence-corrected chi connectivity index (χ0v) is 13.4. The van der Waals surface area contributed by atoms with Gasteiger partial charge < -0.3 is 9.64 Å². The Bertz CT molecular complexity index is 514. The second-order valence-corrected chi connectivity index (χ2v) is 5.96. The van der Waals surface area contributed by atoms with Gasteiger partial charge in [-0.15, -0.1) is 0 Å². The summed E-state index contributed by atoms with van der Waals surface area (Å²) in [6, 6.07) is 3.40. The molecule has 116 valence electrons. The largest absolute Gasteiger partial charge is 0.490 e. The van der Waals surface area contributed by atoms with E-state index in [2.05, 4.69) is 17.5 Å². The fourth-order valence-electron chi connectivity index (χ4n) is 2.95. The highest BCUT2D eigenvalue weighted by molar-refractivity contribution is 7.80. The molecule has 0 radical (unpaired) electrons. The van der Waals surface area contributed by atoms with E-state index in [1.165, 1.54) is 13.5 Å². The van der Waals surface area contributed by atoms with Crippen molar-refractivity contribution < 1.29 is 9.66 Å². The number of anilines is 1. The van der Waals surface area contributed by atoms with Crippen LogP contribution < -0.4 is 9.64 Å². The van der Waals surface area contributed by atoms with Crippen molar-refractivity contribution in [2.45, 2.75) is 26.2 Å². The van der Waals surface area contributed by atoms with E-state index in [1.54, 1.807) is 12.1 Å². The van der Waals surface area contributed by atoms with Gasteiger partial charge in [0.1, 0.15) is 0 Å². The minimum Gasteiger partial charge on any atom is -0.490 e. The molecule has 21 heavy (non-hydrogen) atoms. The first-order valence-electron chi connectivity index (χ1n) is 7.25. The molecule has 0 saturated carbocycles. The highest BCUT2D eigenvalue weighted by atomic mass is 32.1. The lowest BCUT2D eigenvalue weighted by Crippen LogP contribution is -2.34. The smallest absolute Gasteiger partial charge is 0.311 e. The van der Waals surface area contributed by atoms with Crippen molar-refractivity contribution in [3.8, 4) is 5.75 Å². The van der Waals surface area contributed by atoms with Crippen LogP contribution in [0.1, 0.15) is 24.8 Å². The average molecular weight is 310 g/mol. The Morgan fingerprint density at radius 3 is 2.62 bits per heavy atom. The van der Waals surface area contributed by atoms with Crippen LogP contribution in [0.3, 0.4) is 0 Å². The van der Waals surface area contributed by atoms with E-state index in [0.717, 1.165) is 48.9 Å². The third-order valence-corrected chi connectivity index (χ3v) is 4.44. The van der Waals surface area contributed by atoms with Gasteiger partial charge in [0.2, 0.25) is 0 Å². The summed E-state index contributed by atoms with van der Waals surface area (Å²) < 4.78 is 5.17. The molecule has 5 nitrogen and oxygen atoms in total. The number of nitro groups is 1. The SMILES string of the molecule is COc1cc(N2CCC(CCS)CC2)c(C)cc1[N+](=O)[O-]. The maximum absolute atomic E-state index is 11.0. The summed E-state index contributed by atoms with van der Waals surface area (Å²) in [5.74, 6) is 2.02. The molecule has 1 aliphatic heterocycles. The highest BCUT2D eigenvalue weighted by Gasteiger charge is 2.23. The molecule has 1 heterocycles. The number of thiol groups is 1. The zero-order chi connectivity index (χ0) is 15.4. The van der Waals surface area contributed by atoms with Crippen molar-refractivity contribution in [3.63, 3.8) is 0 Å². The van der Waals surface area contributed by atoms with Gasteiger partial charge in [-0.1, -0.05) is 0 Å². The fourth-order valence-corrected chi connectivity index (χ4v) is 3.32. The first-order valence-corrected chi connectivity index (χ1v) is 7.89. The van der Waals surface area contributed by atoms with Crippen LogP contribution in [0.15, 0.2) is 12.1 Å². The van der Waals surface area contributed by atoms with Crippen molar-refractivity contribution in [2.75, 3.05) is 30.9 Å². The fraction of sp³-hybridized carbons (Fsp3) is 0.600. The lowest BCUT2D eigenvalue weighted by molar-refractivity contribution is -0.385. The molecule has 0 spiro atoms. The lowest BCUT2D eigenvalue weighted by atomic mass is 9.93. The molecule has 0 bridgehead atoms. The van der Waals surface area contributed by atoms with E-state index in [0.29, 0.717) is 5.75 Å². The lowest BCUT2D eigenvalue weighted by Gasteiger charge is -2.34. The summed E-state index contributed by atoms with van der Waals surface area (Å²) >= 11 is 4.30. The van der Waals surface area contributed by atoms with Gasteiger partial charge in [-0.2, -0.15) is 12.6 Å². The quantitative estimate of drug-likeness (QED) is 0.514. The molecule has 0 unspecified atom stereocenters. The number of ether oxygens (including phenoxy) is 1. The van der Waals surface area contributed by atoms with Gasteiger partial charge in [0, 0.05) is 30.9 Å². The third kappa shape index (κ3) is 3.61. The van der Waals surface area contributed by atoms with Crippen LogP contribution in [0.5, 0.6) is 5.75 Å². The summed E-state index contributed by atoms with van der Waals surface area (Å²) in [6.45, 7) is 3.89. The number of hydrogen-bond acceptors (Lipinski definition) is 5. The van der Waals surface area contributed by atoms with Crippen LogP contribution in [0, 0.1) is 23.0 Å². The summed E-state index contributed by atoms with van der Waals surface area (Å²) in [4.78, 5) is 12.9. The summed E-state index contributed by atoms with van der Waals surface area (Å²) in [5, 5.41) is 11.0. The average Bonchev–Trinajstić information content (AvgIpc) is 2.48. The van der Waals surface area contributed by atoms with E-state index in [4.69, 9.17) is 4.74 Å². The van der Waals surface area contributed by atoms with Gasteiger partial charge in [0.05, 0.1) is 12.0 Å². The summed E-state index contributed by atoms with van der Waals surface area (Å²) in [5.41, 5.74) is 2.00. The van der Waals surface area contributed by atoms with E-state index >= 15 is 0 Å². The van der Waals surface area contributed by atoms with Gasteiger partial charge in [0.15, 0.2) is 5.75 Å². The molecule has 0 aliphatic carbocycles. The summed E-state index contributed by atoms with van der Waals surface area (Å²) in [7, 11) is 1.47. The standard InChI is InChI=1S/C15H22N2O3S/c1-11-9-14(17(18)19)15(20-2)10-13(11)16-6-3-12(4-7-16)5-8-21/h9-10,12,21H,3-8H2,1-2H3. The molecule has 0 amide bonds. The van der Waals surface area contributed by atoms with Crippen LogP contribution in [0.25, 0.3) is 0 Å². The predicted octanol–water partition coefficient (Wildman–Crippen LogP) is 3.45. The van der Waals surface area contributed by atoms with Crippen molar-refractivity contribution >= 4 is 24.0 Å². The van der Waals surface area contributed by atoms with E-state index < -0.39 is 4.92 Å². The van der Waals surface area contributed by atoms with Crippen molar-refractivity contribution in [1.82, 2.24) is 0 Å². The van der Waals surface area contributed by atoms with Crippen molar-refractivity contribution in [3.05, 3.63) is 27.8 Å². The number of methoxy groups -OCH3 is 1. The molecular weight excluding hydrogens is 288 g/mol. The molecule has 1 aliphatic rings. The Hall–Kier alpha value is -1.43. The third-order valence-electron chi connectivity index (χ3n) is 4.19. The number of hydrogen-bond donors (Lipinski definition) is 1. The molecule has 2 rings (SSSR count). The number of piperidine rings is 1. The molecule has 6 heteroatoms. The van der Waals surface area contributed by atoms with Gasteiger partial charge in [-0.05, 0) is 43.4 Å². The normalized spacial score (nSPS) is 16.0. The van der Waals surface area contributed by atoms with E-state index in [-0.39, 0.29) is 5.69 Å². The number of nitrogens with zero attached hydrogens (tertiary/aromatic N) is 2. The van der Waals surface area contributed by atoms with Crippen LogP contribution >= 0.6 is 12.6 Å². The van der Waals surface area contributed by atoms with Crippen LogP contribution in [-0.2, 0) is 0 Å². The van der Waals surface area contributed by atoms with Gasteiger partial charge in [-0.3, -0.25) is 10.1 Å². The Balaban J connectivity index is 2.19. The Labute approximate surface area is 130 Å². The molecule has 1 aromatic rings. The molecule has 1 saturated heterocycles. The molecule has 0 atom stereocenters. The van der Waals surface area contributed by atoms with Gasteiger partial charge in [0.25, 0.3) is 0 Å². The number of nitro benzene ring substituents is 1. The number of aryl methyl sites for hydroxylation is 1. The minimum absolute atomic E-state index is 0.0312. The van der Waals surface area contributed by atoms with E-state index in [1.807, 2.05) is 6.92 Å². The Morgan fingerprint density at radius 2 is 2.10 bits per heavy atom. The molecular formula is C15H22N2O3S. The molecule has 0 aromatic heterocycles. The summed E-state index contributed by atoms with van der Waals surface area (Å²) in [6.07, 6.45) is 3.47. The topological polar surface area (TPSA) is 55.6 Å². The molecule has 1 aromatic carbocycles. The zero-order valence-electron chi connectivity index (χ0n) is 12.5. The Morgan fingerprint density at radius 1 is 1.43 bits per heavy atom. The highest BCUT2D eigenvalue weighted by Crippen LogP contribution is 2.36. The second kappa shape index (κ2) is 7.02. The van der Waals surface area contributed by atoms with Gasteiger partial charge in [-0.25, -0.2) is 0 Å². The maximum atomic E-state index is 11.0. The first kappa shape index (κ1) is 15.9. The van der Waals surface area contributed by atoms with Crippen molar-refractivity contribution in [1.29, 1.82) is 0 Å². The predicted molar refractivity (Wildman–Crippen MR) is 87.8 cm³/mol. The minimum atomic E-state index is -0.394. The number of benzene rings is 1. The molecule has 1 fully saturated rings. The maximum Gasteiger partial charge on any atom is 0.311 e. The van der Waals surface area contributed by atoms with Gasteiger partial charge >= 0.3 is 5.69 Å². The monoisotopic (exact) mass is 310 g/mol. The van der Waals surface area contributed by atoms with Crippen LogP contribution in [0.4, 0.5) is 11.4 Å². The van der Waals surface area contributed by atoms with Crippen molar-refractivity contribution in [2.24, 2.45) is 5.92 Å². The number of rotatable bonds is 5. The first-order chi connectivity index (χ1) is 10.1. The van der Waals surface area contributed by atoms with Crippen LogP contribution in [-0.4, -0.2) is 30.9 Å².